The number of hydrogen-bond acceptors (Lipinski definition) is 7. The van der Waals surface area contributed by atoms with Crippen molar-refractivity contribution in [1.82, 2.24) is 24.3 Å². The van der Waals surface area contributed by atoms with Crippen molar-refractivity contribution in [3.63, 3.8) is 0 Å². The number of aliphatic hydroxyl groups excluding tert-OH is 1. The minimum absolute atomic E-state index is 0.0679. The molecule has 4 heterocycles. The number of aromatic nitrogens is 4. The standard InChI is InChI=1S/C29H33N7O/c1-4-20-7-6-14-36-25(17-31-28(20)36)26-24(15-30)16-32-29(34-26)33-19(2)21-9-11-22(12-10-21)27(37)23-8-5-13-35(3)18-23/h6-7,9-12,14,16-17,19,23,27,37H,4-5,8,13,18H2,1-3H3,(H,32,33,34)/t19-,23+,27?/m0/s1. The SMILES string of the molecule is CCc1cccn2c(-c3nc(N[C@@H](C)c4ccc(C(O)[C@@H]5CCCN(C)C5)cc4)ncc3C#N)cnc12. The average molecular weight is 496 g/mol. The summed E-state index contributed by atoms with van der Waals surface area (Å²) in [6.07, 6.45) is 7.85. The van der Waals surface area contributed by atoms with Crippen molar-refractivity contribution in [2.75, 3.05) is 25.5 Å². The highest BCUT2D eigenvalue weighted by atomic mass is 16.3. The summed E-state index contributed by atoms with van der Waals surface area (Å²) in [7, 11) is 2.11. The fraction of sp³-hybridized carbons (Fsp3) is 0.379. The zero-order chi connectivity index (χ0) is 25.9. The third kappa shape index (κ3) is 5.06. The third-order valence-electron chi connectivity index (χ3n) is 7.38. The molecule has 1 aliphatic rings. The fourth-order valence-corrected chi connectivity index (χ4v) is 5.24. The number of piperidine rings is 1. The van der Waals surface area contributed by atoms with E-state index < -0.39 is 6.10 Å². The molecule has 0 saturated carbocycles. The Morgan fingerprint density at radius 2 is 1.95 bits per heavy atom. The fourth-order valence-electron chi connectivity index (χ4n) is 5.24. The lowest BCUT2D eigenvalue weighted by atomic mass is 9.88. The number of nitrogens with one attached hydrogen (secondary N) is 1. The Morgan fingerprint density at radius 1 is 1.16 bits per heavy atom. The number of pyridine rings is 1. The number of likely N-dealkylation sites (tertiary alicyclic amines) is 1. The topological polar surface area (TPSA) is 102 Å². The number of fused-ring (bicyclic) bond motifs is 1. The van der Waals surface area contributed by atoms with Crippen LogP contribution >= 0.6 is 0 Å². The quantitative estimate of drug-likeness (QED) is 0.381. The number of anilines is 1. The van der Waals surface area contributed by atoms with Crippen LogP contribution in [0, 0.1) is 17.2 Å². The Kier molecular flexibility index (Phi) is 7.17. The van der Waals surface area contributed by atoms with Crippen LogP contribution in [0.1, 0.15) is 61.1 Å². The van der Waals surface area contributed by atoms with Gasteiger partial charge in [0, 0.05) is 18.7 Å². The van der Waals surface area contributed by atoms with Gasteiger partial charge in [0.1, 0.15) is 17.4 Å². The van der Waals surface area contributed by atoms with E-state index in [2.05, 4.69) is 46.3 Å². The highest BCUT2D eigenvalue weighted by molar-refractivity contribution is 5.68. The van der Waals surface area contributed by atoms with Crippen molar-refractivity contribution < 1.29 is 5.11 Å². The number of nitrogens with zero attached hydrogens (tertiary/aromatic N) is 6. The van der Waals surface area contributed by atoms with E-state index in [9.17, 15) is 10.4 Å². The smallest absolute Gasteiger partial charge is 0.223 e. The zero-order valence-electron chi connectivity index (χ0n) is 21.6. The summed E-state index contributed by atoms with van der Waals surface area (Å²) in [5.74, 6) is 0.705. The number of hydrogen-bond donors (Lipinski definition) is 2. The van der Waals surface area contributed by atoms with Crippen LogP contribution < -0.4 is 5.32 Å². The van der Waals surface area contributed by atoms with Crippen LogP contribution in [0.4, 0.5) is 5.95 Å². The lowest BCUT2D eigenvalue weighted by molar-refractivity contribution is 0.0592. The van der Waals surface area contributed by atoms with Gasteiger partial charge in [0.25, 0.3) is 0 Å². The average Bonchev–Trinajstić information content (AvgIpc) is 3.37. The van der Waals surface area contributed by atoms with E-state index in [4.69, 9.17) is 4.98 Å². The van der Waals surface area contributed by atoms with E-state index in [1.165, 1.54) is 0 Å². The molecule has 1 aromatic carbocycles. The van der Waals surface area contributed by atoms with Gasteiger partial charge >= 0.3 is 0 Å². The molecule has 8 nitrogen and oxygen atoms in total. The minimum Gasteiger partial charge on any atom is -0.388 e. The van der Waals surface area contributed by atoms with Gasteiger partial charge < -0.3 is 15.3 Å². The molecule has 0 amide bonds. The Bertz CT molecular complexity index is 1420. The summed E-state index contributed by atoms with van der Waals surface area (Å²) >= 11 is 0. The van der Waals surface area contributed by atoms with E-state index in [0.29, 0.717) is 17.2 Å². The molecule has 0 aliphatic carbocycles. The summed E-state index contributed by atoms with van der Waals surface area (Å²) in [6.45, 7) is 6.16. The summed E-state index contributed by atoms with van der Waals surface area (Å²) in [5, 5.41) is 24.0. The van der Waals surface area contributed by atoms with Crippen LogP contribution in [0.2, 0.25) is 0 Å². The zero-order valence-corrected chi connectivity index (χ0v) is 21.6. The van der Waals surface area contributed by atoms with E-state index in [-0.39, 0.29) is 12.0 Å². The van der Waals surface area contributed by atoms with Crippen LogP contribution in [-0.2, 0) is 6.42 Å². The van der Waals surface area contributed by atoms with Crippen LogP contribution in [0.15, 0.2) is 55.0 Å². The molecule has 1 unspecified atom stereocenters. The number of rotatable bonds is 7. The van der Waals surface area contributed by atoms with E-state index in [1.54, 1.807) is 12.4 Å². The van der Waals surface area contributed by atoms with Gasteiger partial charge in [-0.3, -0.25) is 4.40 Å². The molecule has 0 radical (unpaired) electrons. The molecule has 5 rings (SSSR count). The van der Waals surface area contributed by atoms with Gasteiger partial charge in [-0.2, -0.15) is 5.26 Å². The maximum atomic E-state index is 10.9. The molecule has 2 N–H and O–H groups in total. The molecule has 190 valence electrons. The van der Waals surface area contributed by atoms with Gasteiger partial charge in [-0.1, -0.05) is 37.3 Å². The van der Waals surface area contributed by atoms with Gasteiger partial charge in [-0.05, 0) is 62.5 Å². The van der Waals surface area contributed by atoms with Gasteiger partial charge in [0.05, 0.1) is 35.8 Å². The first-order valence-corrected chi connectivity index (χ1v) is 12.9. The second-order valence-corrected chi connectivity index (χ2v) is 9.93. The van der Waals surface area contributed by atoms with Crippen molar-refractivity contribution in [2.45, 2.75) is 45.3 Å². The predicted molar refractivity (Wildman–Crippen MR) is 144 cm³/mol. The highest BCUT2D eigenvalue weighted by Crippen LogP contribution is 2.31. The molecule has 3 atom stereocenters. The summed E-state index contributed by atoms with van der Waals surface area (Å²) in [6, 6.07) is 14.3. The van der Waals surface area contributed by atoms with Gasteiger partial charge in [-0.25, -0.2) is 15.0 Å². The summed E-state index contributed by atoms with van der Waals surface area (Å²) < 4.78 is 1.98. The first kappa shape index (κ1) is 24.9. The summed E-state index contributed by atoms with van der Waals surface area (Å²) in [4.78, 5) is 16.0. The molecule has 8 heteroatoms. The van der Waals surface area contributed by atoms with Crippen molar-refractivity contribution in [3.8, 4) is 17.5 Å². The van der Waals surface area contributed by atoms with E-state index >= 15 is 0 Å². The molecule has 37 heavy (non-hydrogen) atoms. The lowest BCUT2D eigenvalue weighted by Gasteiger charge is -2.33. The molecule has 0 spiro atoms. The second-order valence-electron chi connectivity index (χ2n) is 9.93. The van der Waals surface area contributed by atoms with Crippen LogP contribution in [0.5, 0.6) is 0 Å². The number of aryl methyl sites for hydroxylation is 1. The molecule has 3 aromatic heterocycles. The monoisotopic (exact) mass is 495 g/mol. The largest absolute Gasteiger partial charge is 0.388 e. The van der Waals surface area contributed by atoms with Crippen molar-refractivity contribution in [3.05, 3.63) is 77.2 Å². The third-order valence-corrected chi connectivity index (χ3v) is 7.38. The Morgan fingerprint density at radius 3 is 2.68 bits per heavy atom. The van der Waals surface area contributed by atoms with E-state index in [0.717, 1.165) is 60.4 Å². The molecule has 1 saturated heterocycles. The van der Waals surface area contributed by atoms with Crippen LogP contribution in [0.3, 0.4) is 0 Å². The molecule has 1 fully saturated rings. The van der Waals surface area contributed by atoms with Crippen molar-refractivity contribution in [2.24, 2.45) is 5.92 Å². The Hall–Kier alpha value is -3.80. The summed E-state index contributed by atoms with van der Waals surface area (Å²) in [5.41, 5.74) is 5.72. The highest BCUT2D eigenvalue weighted by Gasteiger charge is 2.25. The first-order valence-electron chi connectivity index (χ1n) is 12.9. The maximum Gasteiger partial charge on any atom is 0.223 e. The van der Waals surface area contributed by atoms with Crippen LogP contribution in [0.25, 0.3) is 17.0 Å². The van der Waals surface area contributed by atoms with E-state index in [1.807, 2.05) is 47.9 Å². The number of imidazole rings is 1. The molecule has 0 bridgehead atoms. The van der Waals surface area contributed by atoms with Gasteiger partial charge in [-0.15, -0.1) is 0 Å². The molecule has 4 aromatic rings. The van der Waals surface area contributed by atoms with Crippen molar-refractivity contribution in [1.29, 1.82) is 5.26 Å². The molecular formula is C29H33N7O. The Balaban J connectivity index is 1.36. The second kappa shape index (κ2) is 10.7. The lowest BCUT2D eigenvalue weighted by Crippen LogP contribution is -2.35. The number of aliphatic hydroxyl groups is 1. The van der Waals surface area contributed by atoms with Crippen LogP contribution in [-0.4, -0.2) is 49.5 Å². The number of benzene rings is 1. The van der Waals surface area contributed by atoms with Gasteiger partial charge in [0.15, 0.2) is 0 Å². The molecular weight excluding hydrogens is 462 g/mol. The molecule has 1 aliphatic heterocycles. The van der Waals surface area contributed by atoms with Crippen molar-refractivity contribution >= 4 is 11.6 Å². The normalized spacial score (nSPS) is 17.9. The maximum absolute atomic E-state index is 10.9. The number of nitriles is 1. The predicted octanol–water partition coefficient (Wildman–Crippen LogP) is 4.77. The minimum atomic E-state index is -0.455. The Labute approximate surface area is 217 Å². The first-order chi connectivity index (χ1) is 18.0. The van der Waals surface area contributed by atoms with Gasteiger partial charge in [0.2, 0.25) is 5.95 Å².